The molecule has 5 heteroatoms. The lowest BCUT2D eigenvalue weighted by atomic mass is 9.79. The van der Waals surface area contributed by atoms with Crippen LogP contribution in [0.3, 0.4) is 0 Å². The molecule has 1 aromatic carbocycles. The van der Waals surface area contributed by atoms with Gasteiger partial charge in [0.05, 0.1) is 0 Å². The highest BCUT2D eigenvalue weighted by molar-refractivity contribution is 5.83. The summed E-state index contributed by atoms with van der Waals surface area (Å²) in [6.45, 7) is 0. The van der Waals surface area contributed by atoms with Crippen LogP contribution in [0.25, 0.3) is 0 Å². The topological polar surface area (TPSA) is 86.6 Å². The van der Waals surface area contributed by atoms with E-state index < -0.39 is 11.5 Å². The zero-order valence-corrected chi connectivity index (χ0v) is 11.0. The number of carboxylic acid groups (broad SMARTS) is 1. The molecular weight excluding hydrogens is 258 g/mol. The van der Waals surface area contributed by atoms with Gasteiger partial charge in [-0.05, 0) is 60.8 Å². The van der Waals surface area contributed by atoms with Gasteiger partial charge in [0, 0.05) is 0 Å². The summed E-state index contributed by atoms with van der Waals surface area (Å²) in [7, 11) is 0. The minimum absolute atomic E-state index is 0.0963. The van der Waals surface area contributed by atoms with Crippen molar-refractivity contribution in [3.8, 4) is 5.75 Å². The van der Waals surface area contributed by atoms with Gasteiger partial charge in [-0.3, -0.25) is 4.79 Å². The van der Waals surface area contributed by atoms with Gasteiger partial charge < -0.3 is 15.5 Å². The molecule has 1 fully saturated rings. The quantitative estimate of drug-likeness (QED) is 0.721. The lowest BCUT2D eigenvalue weighted by Crippen LogP contribution is -2.59. The zero-order chi connectivity index (χ0) is 14.3. The van der Waals surface area contributed by atoms with Gasteiger partial charge in [-0.2, -0.15) is 0 Å². The van der Waals surface area contributed by atoms with Gasteiger partial charge >= 0.3 is 5.97 Å². The SMILES string of the molecule is O=CNC1(C(=O)O)C2CCC1Cc1cc(O)ccc1C2. The third-order valence-corrected chi connectivity index (χ3v) is 4.93. The fraction of sp³-hybridized carbons (Fsp3) is 0.467. The number of aromatic hydroxyl groups is 1. The Morgan fingerprint density at radius 2 is 1.90 bits per heavy atom. The predicted octanol–water partition coefficient (Wildman–Crippen LogP) is 1.09. The maximum atomic E-state index is 11.8. The second-order valence-corrected chi connectivity index (χ2v) is 5.77. The Morgan fingerprint density at radius 1 is 1.25 bits per heavy atom. The summed E-state index contributed by atoms with van der Waals surface area (Å²) in [5, 5.41) is 21.9. The summed E-state index contributed by atoms with van der Waals surface area (Å²) in [5.74, 6) is -0.973. The van der Waals surface area contributed by atoms with E-state index >= 15 is 0 Å². The molecule has 0 aromatic heterocycles. The van der Waals surface area contributed by atoms with Crippen LogP contribution in [0.5, 0.6) is 5.75 Å². The van der Waals surface area contributed by atoms with Crippen LogP contribution in [0.15, 0.2) is 18.2 Å². The summed E-state index contributed by atoms with van der Waals surface area (Å²) in [6.07, 6.45) is 3.30. The highest BCUT2D eigenvalue weighted by Crippen LogP contribution is 2.47. The van der Waals surface area contributed by atoms with Gasteiger partial charge in [0.15, 0.2) is 0 Å². The summed E-state index contributed by atoms with van der Waals surface area (Å²) in [4.78, 5) is 22.8. The van der Waals surface area contributed by atoms with Gasteiger partial charge in [-0.25, -0.2) is 4.79 Å². The summed E-state index contributed by atoms with van der Waals surface area (Å²) >= 11 is 0. The molecule has 0 spiro atoms. The molecule has 2 bridgehead atoms. The van der Waals surface area contributed by atoms with E-state index in [2.05, 4.69) is 5.32 Å². The van der Waals surface area contributed by atoms with Crippen molar-refractivity contribution in [2.75, 3.05) is 0 Å². The number of hydrogen-bond donors (Lipinski definition) is 3. The molecule has 2 aliphatic carbocycles. The van der Waals surface area contributed by atoms with E-state index in [4.69, 9.17) is 0 Å². The van der Waals surface area contributed by atoms with Gasteiger partial charge in [-0.1, -0.05) is 6.07 Å². The van der Waals surface area contributed by atoms with Crippen LogP contribution < -0.4 is 5.32 Å². The minimum Gasteiger partial charge on any atom is -0.508 e. The number of benzene rings is 1. The van der Waals surface area contributed by atoms with Crippen molar-refractivity contribution in [1.82, 2.24) is 5.32 Å². The van der Waals surface area contributed by atoms with E-state index in [0.29, 0.717) is 19.3 Å². The second-order valence-electron chi connectivity index (χ2n) is 5.77. The maximum Gasteiger partial charge on any atom is 0.330 e. The van der Waals surface area contributed by atoms with Crippen LogP contribution in [0.1, 0.15) is 24.0 Å². The van der Waals surface area contributed by atoms with Crippen molar-refractivity contribution in [3.05, 3.63) is 29.3 Å². The van der Waals surface area contributed by atoms with Crippen molar-refractivity contribution < 1.29 is 19.8 Å². The number of amides is 1. The molecule has 20 heavy (non-hydrogen) atoms. The van der Waals surface area contributed by atoms with E-state index in [0.717, 1.165) is 24.0 Å². The lowest BCUT2D eigenvalue weighted by Gasteiger charge is -2.34. The molecule has 106 valence electrons. The van der Waals surface area contributed by atoms with Crippen molar-refractivity contribution in [2.45, 2.75) is 31.2 Å². The summed E-state index contributed by atoms with van der Waals surface area (Å²) < 4.78 is 0. The smallest absolute Gasteiger partial charge is 0.330 e. The number of carboxylic acids is 1. The first kappa shape index (κ1) is 13.0. The number of rotatable bonds is 3. The average Bonchev–Trinajstić information content (AvgIpc) is 2.64. The summed E-state index contributed by atoms with van der Waals surface area (Å²) in [6, 6.07) is 5.20. The predicted molar refractivity (Wildman–Crippen MR) is 71.3 cm³/mol. The average molecular weight is 275 g/mol. The highest BCUT2D eigenvalue weighted by atomic mass is 16.4. The third-order valence-electron chi connectivity index (χ3n) is 4.93. The first-order valence-corrected chi connectivity index (χ1v) is 6.83. The molecular formula is C15H17NO4. The molecule has 0 aliphatic heterocycles. The van der Waals surface area contributed by atoms with E-state index in [1.54, 1.807) is 12.1 Å². The number of carbonyl (C=O) groups is 2. The Kier molecular flexibility index (Phi) is 2.92. The monoisotopic (exact) mass is 275 g/mol. The van der Waals surface area contributed by atoms with Gasteiger partial charge in [0.1, 0.15) is 11.3 Å². The molecule has 5 nitrogen and oxygen atoms in total. The Hall–Kier alpha value is -2.04. The molecule has 3 rings (SSSR count). The van der Waals surface area contributed by atoms with Crippen LogP contribution >= 0.6 is 0 Å². The van der Waals surface area contributed by atoms with E-state index in [1.807, 2.05) is 6.07 Å². The molecule has 0 saturated heterocycles. The number of hydrogen-bond acceptors (Lipinski definition) is 3. The largest absolute Gasteiger partial charge is 0.508 e. The number of phenolic OH excluding ortho intramolecular Hbond substituents is 1. The number of fused-ring (bicyclic) bond motifs is 3. The molecule has 1 amide bonds. The zero-order valence-electron chi connectivity index (χ0n) is 11.0. The first-order valence-electron chi connectivity index (χ1n) is 6.83. The molecule has 3 N–H and O–H groups in total. The molecule has 1 aromatic rings. The molecule has 0 heterocycles. The third kappa shape index (κ3) is 1.69. The number of carbonyl (C=O) groups excluding carboxylic acids is 1. The summed E-state index contributed by atoms with van der Waals surface area (Å²) in [5.41, 5.74) is 0.903. The van der Waals surface area contributed by atoms with Gasteiger partial charge in [-0.15, -0.1) is 0 Å². The molecule has 1 saturated carbocycles. The van der Waals surface area contributed by atoms with E-state index in [1.165, 1.54) is 0 Å². The Labute approximate surface area is 116 Å². The normalized spacial score (nSPS) is 31.2. The fourth-order valence-electron chi connectivity index (χ4n) is 3.99. The van der Waals surface area contributed by atoms with Crippen LogP contribution in [-0.4, -0.2) is 28.1 Å². The molecule has 3 unspecified atom stereocenters. The Bertz CT molecular complexity index is 571. The maximum absolute atomic E-state index is 11.8. The van der Waals surface area contributed by atoms with Crippen LogP contribution in [-0.2, 0) is 22.4 Å². The second kappa shape index (κ2) is 4.51. The number of aliphatic carboxylic acids is 1. The first-order chi connectivity index (χ1) is 9.57. The molecule has 0 radical (unpaired) electrons. The van der Waals surface area contributed by atoms with Gasteiger partial charge in [0.2, 0.25) is 6.41 Å². The van der Waals surface area contributed by atoms with E-state index in [9.17, 15) is 19.8 Å². The molecule has 2 aliphatic rings. The number of nitrogens with one attached hydrogen (secondary N) is 1. The van der Waals surface area contributed by atoms with Crippen molar-refractivity contribution in [1.29, 1.82) is 0 Å². The Morgan fingerprint density at radius 3 is 2.50 bits per heavy atom. The van der Waals surface area contributed by atoms with Crippen LogP contribution in [0.2, 0.25) is 0 Å². The van der Waals surface area contributed by atoms with Crippen LogP contribution in [0.4, 0.5) is 0 Å². The standard InChI is InChI=1S/C15H17NO4/c17-8-16-15(14(19)20)11-2-3-12(15)6-10-7-13(18)4-1-9(10)5-11/h1,4,7-8,11-12,18H,2-3,5-6H2,(H,16,17)(H,19,20). The fourth-order valence-corrected chi connectivity index (χ4v) is 3.99. The van der Waals surface area contributed by atoms with Gasteiger partial charge in [0.25, 0.3) is 0 Å². The molecule has 3 atom stereocenters. The van der Waals surface area contributed by atoms with Crippen LogP contribution in [0, 0.1) is 11.8 Å². The number of phenols is 1. The Balaban J connectivity index is 2.07. The lowest BCUT2D eigenvalue weighted by molar-refractivity contribution is -0.150. The van der Waals surface area contributed by atoms with Crippen molar-refractivity contribution in [2.24, 2.45) is 11.8 Å². The van der Waals surface area contributed by atoms with Crippen molar-refractivity contribution >= 4 is 12.4 Å². The minimum atomic E-state index is -1.17. The van der Waals surface area contributed by atoms with Crippen molar-refractivity contribution in [3.63, 3.8) is 0 Å². The van der Waals surface area contributed by atoms with E-state index in [-0.39, 0.29) is 17.6 Å². The highest BCUT2D eigenvalue weighted by Gasteiger charge is 2.56.